The molecule has 0 saturated carbocycles. The van der Waals surface area contributed by atoms with Crippen molar-refractivity contribution in [1.82, 2.24) is 29.0 Å². The molecule has 1 aromatic carbocycles. The number of para-hydroxylation sites is 1. The molecule has 1 aliphatic rings. The number of nitrogens with zero attached hydrogens (tertiary/aromatic N) is 7. The number of hydrogen-bond acceptors (Lipinski definition) is 6. The van der Waals surface area contributed by atoms with Crippen molar-refractivity contribution in [2.24, 2.45) is 0 Å². The van der Waals surface area contributed by atoms with Gasteiger partial charge in [-0.1, -0.05) is 12.1 Å². The Bertz CT molecular complexity index is 1320. The van der Waals surface area contributed by atoms with Crippen LogP contribution in [0.2, 0.25) is 0 Å². The maximum absolute atomic E-state index is 12.9. The van der Waals surface area contributed by atoms with Crippen LogP contribution in [0.15, 0.2) is 66.0 Å². The average molecular weight is 429 g/mol. The number of aromatic nitrogens is 5. The van der Waals surface area contributed by atoms with Crippen molar-refractivity contribution < 1.29 is 4.79 Å². The molecule has 1 aliphatic heterocycles. The molecule has 0 radical (unpaired) electrons. The minimum absolute atomic E-state index is 0.0128. The van der Waals surface area contributed by atoms with Gasteiger partial charge in [-0.2, -0.15) is 0 Å². The van der Waals surface area contributed by atoms with Crippen LogP contribution < -0.4 is 10.5 Å². The molecule has 9 nitrogen and oxygen atoms in total. The predicted molar refractivity (Wildman–Crippen MR) is 121 cm³/mol. The van der Waals surface area contributed by atoms with Gasteiger partial charge in [0.25, 0.3) is 5.56 Å². The summed E-state index contributed by atoms with van der Waals surface area (Å²) in [7, 11) is 0. The van der Waals surface area contributed by atoms with Gasteiger partial charge in [0, 0.05) is 44.6 Å². The van der Waals surface area contributed by atoms with E-state index in [9.17, 15) is 9.59 Å². The number of benzene rings is 1. The van der Waals surface area contributed by atoms with Crippen molar-refractivity contribution in [2.45, 2.75) is 13.5 Å². The zero-order chi connectivity index (χ0) is 22.1. The Morgan fingerprint density at radius 2 is 1.69 bits per heavy atom. The molecule has 4 heterocycles. The van der Waals surface area contributed by atoms with Gasteiger partial charge in [-0.3, -0.25) is 14.2 Å². The SMILES string of the molecule is Cc1nc(N2CCN(C(=O)Cn3cnc4ccccc4c3=O)CC2)cc(-n2cccc2)n1. The Labute approximate surface area is 184 Å². The molecule has 5 rings (SSSR count). The molecule has 0 atom stereocenters. The van der Waals surface area contributed by atoms with Crippen LogP contribution in [0.1, 0.15) is 5.82 Å². The summed E-state index contributed by atoms with van der Waals surface area (Å²) in [5.41, 5.74) is 0.436. The summed E-state index contributed by atoms with van der Waals surface area (Å²) < 4.78 is 3.33. The van der Waals surface area contributed by atoms with E-state index in [2.05, 4.69) is 19.9 Å². The van der Waals surface area contributed by atoms with E-state index in [4.69, 9.17) is 0 Å². The number of amides is 1. The van der Waals surface area contributed by atoms with Gasteiger partial charge in [0.2, 0.25) is 5.91 Å². The standard InChI is InChI=1S/C23H23N7O2/c1-17-25-20(27-8-4-5-9-27)14-21(26-17)28-10-12-29(13-11-28)22(31)15-30-16-24-19-7-3-2-6-18(19)23(30)32/h2-9,14,16H,10-13,15H2,1H3. The smallest absolute Gasteiger partial charge is 0.261 e. The molecule has 0 bridgehead atoms. The second kappa shape index (κ2) is 8.26. The molecule has 0 spiro atoms. The molecule has 32 heavy (non-hydrogen) atoms. The van der Waals surface area contributed by atoms with Gasteiger partial charge in [0.05, 0.1) is 17.2 Å². The number of hydrogen-bond donors (Lipinski definition) is 0. The highest BCUT2D eigenvalue weighted by Crippen LogP contribution is 2.18. The molecule has 3 aromatic heterocycles. The number of fused-ring (bicyclic) bond motifs is 1. The van der Waals surface area contributed by atoms with Crippen molar-refractivity contribution in [1.29, 1.82) is 0 Å². The second-order valence-electron chi connectivity index (χ2n) is 7.78. The molecular weight excluding hydrogens is 406 g/mol. The van der Waals surface area contributed by atoms with E-state index in [1.807, 2.05) is 48.1 Å². The molecule has 9 heteroatoms. The van der Waals surface area contributed by atoms with E-state index in [1.165, 1.54) is 10.9 Å². The van der Waals surface area contributed by atoms with Gasteiger partial charge >= 0.3 is 0 Å². The van der Waals surface area contributed by atoms with Crippen LogP contribution in [0.25, 0.3) is 16.7 Å². The topological polar surface area (TPSA) is 89.2 Å². The predicted octanol–water partition coefficient (Wildman–Crippen LogP) is 1.63. The fraction of sp³-hybridized carbons (Fsp3) is 0.261. The van der Waals surface area contributed by atoms with Gasteiger partial charge in [0.1, 0.15) is 24.0 Å². The first kappa shape index (κ1) is 19.9. The molecule has 1 fully saturated rings. The Kier molecular flexibility index (Phi) is 5.14. The maximum atomic E-state index is 12.9. The summed E-state index contributed by atoms with van der Waals surface area (Å²) >= 11 is 0. The van der Waals surface area contributed by atoms with Gasteiger partial charge in [0.15, 0.2) is 0 Å². The first-order chi connectivity index (χ1) is 15.6. The van der Waals surface area contributed by atoms with Crippen molar-refractivity contribution in [3.8, 4) is 5.82 Å². The summed E-state index contributed by atoms with van der Waals surface area (Å²) in [4.78, 5) is 42.9. The van der Waals surface area contributed by atoms with Gasteiger partial charge < -0.3 is 14.4 Å². The van der Waals surface area contributed by atoms with Crippen LogP contribution in [0.4, 0.5) is 5.82 Å². The van der Waals surface area contributed by atoms with Crippen LogP contribution in [0.5, 0.6) is 0 Å². The fourth-order valence-electron chi connectivity index (χ4n) is 3.97. The fourth-order valence-corrected chi connectivity index (χ4v) is 3.97. The highest BCUT2D eigenvalue weighted by molar-refractivity contribution is 5.79. The lowest BCUT2D eigenvalue weighted by Crippen LogP contribution is -2.50. The third kappa shape index (κ3) is 3.84. The highest BCUT2D eigenvalue weighted by atomic mass is 16.2. The summed E-state index contributed by atoms with van der Waals surface area (Å²) in [5, 5.41) is 0.519. The number of rotatable bonds is 4. The largest absolute Gasteiger partial charge is 0.353 e. The zero-order valence-corrected chi connectivity index (χ0v) is 17.8. The monoisotopic (exact) mass is 429 g/mol. The highest BCUT2D eigenvalue weighted by Gasteiger charge is 2.23. The summed E-state index contributed by atoms with van der Waals surface area (Å²) in [6.45, 7) is 4.33. The van der Waals surface area contributed by atoms with Crippen LogP contribution in [0, 0.1) is 6.92 Å². The van der Waals surface area contributed by atoms with Gasteiger partial charge in [-0.05, 0) is 31.2 Å². The van der Waals surface area contributed by atoms with E-state index in [-0.39, 0.29) is 18.0 Å². The summed E-state index contributed by atoms with van der Waals surface area (Å²) in [5.74, 6) is 2.28. The first-order valence-corrected chi connectivity index (χ1v) is 10.5. The minimum Gasteiger partial charge on any atom is -0.353 e. The molecule has 4 aromatic rings. The number of piperazine rings is 1. The molecule has 162 valence electrons. The molecule has 1 saturated heterocycles. The maximum Gasteiger partial charge on any atom is 0.261 e. The van der Waals surface area contributed by atoms with Crippen LogP contribution in [0.3, 0.4) is 0 Å². The van der Waals surface area contributed by atoms with Crippen molar-refractivity contribution >= 4 is 22.6 Å². The molecule has 0 aliphatic carbocycles. The lowest BCUT2D eigenvalue weighted by atomic mass is 10.2. The van der Waals surface area contributed by atoms with Crippen LogP contribution in [-0.2, 0) is 11.3 Å². The Balaban J connectivity index is 1.27. The van der Waals surface area contributed by atoms with Crippen molar-refractivity contribution in [3.05, 3.63) is 77.4 Å². The average Bonchev–Trinajstić information content (AvgIpc) is 3.36. The van der Waals surface area contributed by atoms with E-state index < -0.39 is 0 Å². The zero-order valence-electron chi connectivity index (χ0n) is 17.8. The van der Waals surface area contributed by atoms with Crippen molar-refractivity contribution in [3.63, 3.8) is 0 Å². The number of carbonyl (C=O) groups is 1. The minimum atomic E-state index is -0.198. The van der Waals surface area contributed by atoms with Gasteiger partial charge in [-0.15, -0.1) is 0 Å². The number of anilines is 1. The molecule has 0 unspecified atom stereocenters. The second-order valence-corrected chi connectivity index (χ2v) is 7.78. The number of carbonyl (C=O) groups excluding carboxylic acids is 1. The Hall–Kier alpha value is -4.01. The quantitative estimate of drug-likeness (QED) is 0.490. The molecule has 0 N–H and O–H groups in total. The van der Waals surface area contributed by atoms with E-state index in [1.54, 1.807) is 23.1 Å². The first-order valence-electron chi connectivity index (χ1n) is 10.5. The molecular formula is C23H23N7O2. The molecule has 1 amide bonds. The Morgan fingerprint density at radius 3 is 2.47 bits per heavy atom. The van der Waals surface area contributed by atoms with Gasteiger partial charge in [-0.25, -0.2) is 15.0 Å². The van der Waals surface area contributed by atoms with E-state index in [0.717, 1.165) is 11.6 Å². The van der Waals surface area contributed by atoms with E-state index >= 15 is 0 Å². The Morgan fingerprint density at radius 1 is 0.969 bits per heavy atom. The normalized spacial score (nSPS) is 14.2. The third-order valence-corrected chi connectivity index (χ3v) is 5.67. The lowest BCUT2D eigenvalue weighted by Gasteiger charge is -2.35. The number of aryl methyl sites for hydroxylation is 1. The summed E-state index contributed by atoms with van der Waals surface area (Å²) in [6.07, 6.45) is 5.35. The van der Waals surface area contributed by atoms with Crippen molar-refractivity contribution in [2.75, 3.05) is 31.1 Å². The van der Waals surface area contributed by atoms with Crippen LogP contribution >= 0.6 is 0 Å². The summed E-state index contributed by atoms with van der Waals surface area (Å²) in [6, 6.07) is 13.0. The third-order valence-electron chi connectivity index (χ3n) is 5.67. The van der Waals surface area contributed by atoms with Crippen LogP contribution in [-0.4, -0.2) is 61.1 Å². The lowest BCUT2D eigenvalue weighted by molar-refractivity contribution is -0.132. The van der Waals surface area contributed by atoms with E-state index in [0.29, 0.717) is 42.9 Å².